The fourth-order valence-electron chi connectivity index (χ4n) is 0.911. The molecule has 82 valence electrons. The average Bonchev–Trinajstić information content (AvgIpc) is 2.20. The first-order valence-corrected chi connectivity index (χ1v) is 6.88. The number of alkyl halides is 1. The van der Waals surface area contributed by atoms with Gasteiger partial charge in [-0.05, 0) is 20.8 Å². The van der Waals surface area contributed by atoms with Gasteiger partial charge in [-0.25, -0.2) is 17.8 Å². The maximum absolute atomic E-state index is 11.5. The lowest BCUT2D eigenvalue weighted by Gasteiger charge is -2.02. The first-order valence-electron chi connectivity index (χ1n) is 4.47. The van der Waals surface area contributed by atoms with Gasteiger partial charge in [-0.15, -0.1) is 0 Å². The number of rotatable bonds is 3. The lowest BCUT2D eigenvalue weighted by atomic mass is 10.3. The summed E-state index contributed by atoms with van der Waals surface area (Å²) in [6.45, 7) is 5.55. The smallest absolute Gasteiger partial charge is 0.382 e. The molecule has 0 aliphatic heterocycles. The molecule has 1 rings (SSSR count). The van der Waals surface area contributed by atoms with E-state index in [0.717, 1.165) is 10.1 Å². The molecule has 1 aromatic rings. The summed E-state index contributed by atoms with van der Waals surface area (Å²) in [5, 5.41) is 0. The van der Waals surface area contributed by atoms with Gasteiger partial charge in [0.1, 0.15) is 0 Å². The number of carbonyl (C=O) groups is 1. The zero-order chi connectivity index (χ0) is 11.4. The Morgan fingerprint density at radius 2 is 2.00 bits per heavy atom. The molecule has 0 amide bonds. The van der Waals surface area contributed by atoms with Gasteiger partial charge in [-0.3, -0.25) is 0 Å². The zero-order valence-electron chi connectivity index (χ0n) is 8.87. The van der Waals surface area contributed by atoms with Crippen molar-refractivity contribution in [3.05, 3.63) is 17.1 Å². The molecular formula is C9H13IN3O2+. The highest BCUT2D eigenvalue weighted by atomic mass is 127. The van der Waals surface area contributed by atoms with Gasteiger partial charge >= 0.3 is 27.6 Å². The van der Waals surface area contributed by atoms with Crippen LogP contribution in [0.4, 0.5) is 5.82 Å². The highest BCUT2D eigenvalue weighted by Gasteiger charge is 2.22. The van der Waals surface area contributed by atoms with E-state index in [1.54, 1.807) is 13.8 Å². The van der Waals surface area contributed by atoms with Crippen LogP contribution in [0.25, 0.3) is 0 Å². The van der Waals surface area contributed by atoms with Gasteiger partial charge in [0.2, 0.25) is 0 Å². The second-order valence-electron chi connectivity index (χ2n) is 2.87. The van der Waals surface area contributed by atoms with Crippen LogP contribution in [0, 0.1) is 13.8 Å². The second-order valence-corrected chi connectivity index (χ2v) is 5.46. The predicted octanol–water partition coefficient (Wildman–Crippen LogP) is -2.14. The SMILES string of the molecule is CC[I+]OC(=O)c1nc(C)c(C)nc1N. The summed E-state index contributed by atoms with van der Waals surface area (Å²) in [6.07, 6.45) is 0. The maximum Gasteiger partial charge on any atom is 0.536 e. The first-order chi connectivity index (χ1) is 7.06. The van der Waals surface area contributed by atoms with E-state index in [4.69, 9.17) is 8.80 Å². The molecule has 0 saturated heterocycles. The van der Waals surface area contributed by atoms with Crippen molar-refractivity contribution >= 4 is 11.8 Å². The highest BCUT2D eigenvalue weighted by molar-refractivity contribution is 5.91. The van der Waals surface area contributed by atoms with Crippen molar-refractivity contribution in [2.75, 3.05) is 10.2 Å². The number of aromatic nitrogens is 2. The fraction of sp³-hybridized carbons (Fsp3) is 0.444. The molecule has 0 unspecified atom stereocenters. The van der Waals surface area contributed by atoms with Crippen LogP contribution in [-0.4, -0.2) is 20.4 Å². The van der Waals surface area contributed by atoms with Crippen molar-refractivity contribution in [3.63, 3.8) is 0 Å². The number of anilines is 1. The van der Waals surface area contributed by atoms with Crippen molar-refractivity contribution in [1.29, 1.82) is 0 Å². The third-order valence-electron chi connectivity index (χ3n) is 1.76. The molecule has 0 bridgehead atoms. The van der Waals surface area contributed by atoms with Crippen LogP contribution < -0.4 is 27.4 Å². The summed E-state index contributed by atoms with van der Waals surface area (Å²) in [5.41, 5.74) is 7.16. The molecule has 0 aromatic carbocycles. The summed E-state index contributed by atoms with van der Waals surface area (Å²) >= 11 is -0.542. The lowest BCUT2D eigenvalue weighted by Crippen LogP contribution is -3.62. The minimum atomic E-state index is -0.542. The van der Waals surface area contributed by atoms with E-state index in [1.165, 1.54) is 0 Å². The molecule has 1 heterocycles. The monoisotopic (exact) mass is 322 g/mol. The van der Waals surface area contributed by atoms with Crippen molar-refractivity contribution in [1.82, 2.24) is 9.97 Å². The van der Waals surface area contributed by atoms with Gasteiger partial charge in [0, 0.05) is 0 Å². The normalized spacial score (nSPS) is 10.1. The molecule has 0 aliphatic rings. The first kappa shape index (κ1) is 12.2. The molecule has 0 atom stereocenters. The molecule has 0 saturated carbocycles. The zero-order valence-corrected chi connectivity index (χ0v) is 11.0. The van der Waals surface area contributed by atoms with Crippen molar-refractivity contribution < 1.29 is 29.5 Å². The Morgan fingerprint density at radius 3 is 2.60 bits per heavy atom. The van der Waals surface area contributed by atoms with E-state index in [-0.39, 0.29) is 11.5 Å². The number of nitrogen functional groups attached to an aromatic ring is 1. The lowest BCUT2D eigenvalue weighted by molar-refractivity contribution is -0.868. The van der Waals surface area contributed by atoms with Crippen LogP contribution in [-0.2, 0) is 3.07 Å². The molecule has 6 heteroatoms. The molecule has 0 spiro atoms. The van der Waals surface area contributed by atoms with E-state index in [1.807, 2.05) is 6.92 Å². The van der Waals surface area contributed by atoms with E-state index in [0.29, 0.717) is 5.69 Å². The number of hydrogen-bond donors (Lipinski definition) is 1. The number of carbonyl (C=O) groups excluding carboxylic acids is 1. The number of nitrogens with zero attached hydrogens (tertiary/aromatic N) is 2. The quantitative estimate of drug-likeness (QED) is 0.507. The minimum Gasteiger partial charge on any atom is -0.382 e. The van der Waals surface area contributed by atoms with E-state index in [9.17, 15) is 4.79 Å². The van der Waals surface area contributed by atoms with Gasteiger partial charge in [0.15, 0.2) is 15.9 Å². The van der Waals surface area contributed by atoms with Crippen LogP contribution in [0.15, 0.2) is 0 Å². The van der Waals surface area contributed by atoms with Gasteiger partial charge in [0.25, 0.3) is 0 Å². The summed E-state index contributed by atoms with van der Waals surface area (Å²) in [6, 6.07) is 0. The average molecular weight is 322 g/mol. The molecular weight excluding hydrogens is 309 g/mol. The number of nitrogens with two attached hydrogens (primary N) is 1. The summed E-state index contributed by atoms with van der Waals surface area (Å²) in [7, 11) is 0. The highest BCUT2D eigenvalue weighted by Crippen LogP contribution is 2.09. The molecule has 2 N–H and O–H groups in total. The Labute approximate surface area is 99.2 Å². The molecule has 0 aliphatic carbocycles. The number of halogens is 1. The largest absolute Gasteiger partial charge is 0.536 e. The van der Waals surface area contributed by atoms with E-state index < -0.39 is 27.6 Å². The van der Waals surface area contributed by atoms with Crippen LogP contribution in [0.2, 0.25) is 0 Å². The third-order valence-corrected chi connectivity index (χ3v) is 3.10. The van der Waals surface area contributed by atoms with Crippen molar-refractivity contribution in [2.24, 2.45) is 0 Å². The minimum absolute atomic E-state index is 0.131. The molecule has 5 nitrogen and oxygen atoms in total. The molecule has 1 aromatic heterocycles. The Kier molecular flexibility index (Phi) is 4.25. The Balaban J connectivity index is 2.94. The molecule has 15 heavy (non-hydrogen) atoms. The second kappa shape index (κ2) is 5.24. The van der Waals surface area contributed by atoms with Crippen molar-refractivity contribution in [2.45, 2.75) is 20.8 Å². The van der Waals surface area contributed by atoms with Gasteiger partial charge in [-0.1, -0.05) is 0 Å². The van der Waals surface area contributed by atoms with Gasteiger partial charge in [-0.2, -0.15) is 0 Å². The van der Waals surface area contributed by atoms with Crippen LogP contribution >= 0.6 is 0 Å². The Hall–Kier alpha value is -0.920. The Bertz CT molecular complexity index is 382. The van der Waals surface area contributed by atoms with Gasteiger partial charge in [0.05, 0.1) is 11.4 Å². The van der Waals surface area contributed by atoms with Crippen LogP contribution in [0.3, 0.4) is 0 Å². The summed E-state index contributed by atoms with van der Waals surface area (Å²) in [5.74, 6) is -0.319. The fourth-order valence-corrected chi connectivity index (χ4v) is 1.71. The number of aryl methyl sites for hydroxylation is 2. The van der Waals surface area contributed by atoms with Crippen LogP contribution in [0.1, 0.15) is 28.8 Å². The van der Waals surface area contributed by atoms with Gasteiger partial charge < -0.3 is 5.73 Å². The Morgan fingerprint density at radius 1 is 1.40 bits per heavy atom. The maximum atomic E-state index is 11.5. The molecule has 0 fully saturated rings. The third kappa shape index (κ3) is 3.01. The predicted molar refractivity (Wildman–Crippen MR) is 51.9 cm³/mol. The van der Waals surface area contributed by atoms with E-state index in [2.05, 4.69) is 9.97 Å². The van der Waals surface area contributed by atoms with Crippen molar-refractivity contribution in [3.8, 4) is 0 Å². The van der Waals surface area contributed by atoms with Crippen LogP contribution in [0.5, 0.6) is 0 Å². The molecule has 0 radical (unpaired) electrons. The number of hydrogen-bond acceptors (Lipinski definition) is 5. The summed E-state index contributed by atoms with van der Waals surface area (Å²) in [4.78, 5) is 19.6. The van der Waals surface area contributed by atoms with E-state index >= 15 is 0 Å². The standard InChI is InChI=1S/C9H12IN3O2/c1-4-10-15-9(14)7-8(11)13-6(3)5(2)12-7/h4H2,1-3H3,(H-,11,13,14)/p+1. The summed E-state index contributed by atoms with van der Waals surface area (Å²) < 4.78 is 5.92. The topological polar surface area (TPSA) is 78.1 Å².